The lowest BCUT2D eigenvalue weighted by molar-refractivity contribution is 0.175. The molecule has 0 amide bonds. The van der Waals surface area contributed by atoms with E-state index in [1.165, 1.54) is 12.1 Å². The smallest absolute Gasteiger partial charge is 0.143 e. The maximum atomic E-state index is 13.9. The molecule has 0 heterocycles. The number of aliphatic hydroxyl groups is 1. The van der Waals surface area contributed by atoms with Gasteiger partial charge in [-0.15, -0.1) is 0 Å². The van der Waals surface area contributed by atoms with Gasteiger partial charge < -0.3 is 5.11 Å². The molecule has 0 aliphatic carbocycles. The standard InChI is InChI=1S/C17H17BrF2O/c1-10(2)11-3-5-12(6-4-11)16(21)9-13-15(19)8-7-14(18)17(13)20/h3-8,10,16,21H,9H2,1-2H3. The van der Waals surface area contributed by atoms with Crippen LogP contribution in [0.25, 0.3) is 0 Å². The summed E-state index contributed by atoms with van der Waals surface area (Å²) < 4.78 is 27.8. The first-order valence-corrected chi connectivity index (χ1v) is 7.59. The first-order valence-electron chi connectivity index (χ1n) is 6.80. The minimum atomic E-state index is -0.940. The second-order valence-corrected chi connectivity index (χ2v) is 6.22. The van der Waals surface area contributed by atoms with Crippen LogP contribution in [-0.4, -0.2) is 5.11 Å². The molecule has 2 aromatic carbocycles. The topological polar surface area (TPSA) is 20.2 Å². The van der Waals surface area contributed by atoms with Crippen LogP contribution in [0.2, 0.25) is 0 Å². The first-order chi connectivity index (χ1) is 9.90. The van der Waals surface area contributed by atoms with Gasteiger partial charge in [0.05, 0.1) is 10.6 Å². The summed E-state index contributed by atoms with van der Waals surface area (Å²) >= 11 is 3.03. The van der Waals surface area contributed by atoms with Crippen LogP contribution in [0.5, 0.6) is 0 Å². The second-order valence-electron chi connectivity index (χ2n) is 5.36. The van der Waals surface area contributed by atoms with Gasteiger partial charge in [-0.05, 0) is 45.1 Å². The number of benzene rings is 2. The first kappa shape index (κ1) is 16.1. The largest absolute Gasteiger partial charge is 0.388 e. The van der Waals surface area contributed by atoms with Crippen LogP contribution in [0.3, 0.4) is 0 Å². The molecule has 1 unspecified atom stereocenters. The fourth-order valence-corrected chi connectivity index (χ4v) is 2.54. The lowest BCUT2D eigenvalue weighted by Crippen LogP contribution is -2.06. The lowest BCUT2D eigenvalue weighted by atomic mass is 9.97. The molecule has 0 fully saturated rings. The zero-order valence-electron chi connectivity index (χ0n) is 11.9. The van der Waals surface area contributed by atoms with Crippen molar-refractivity contribution < 1.29 is 13.9 Å². The van der Waals surface area contributed by atoms with E-state index in [1.807, 2.05) is 12.1 Å². The summed E-state index contributed by atoms with van der Waals surface area (Å²) in [4.78, 5) is 0. The fraction of sp³-hybridized carbons (Fsp3) is 0.294. The lowest BCUT2D eigenvalue weighted by Gasteiger charge is -2.14. The highest BCUT2D eigenvalue weighted by Crippen LogP contribution is 2.27. The van der Waals surface area contributed by atoms with Crippen LogP contribution in [-0.2, 0) is 6.42 Å². The molecular formula is C17H17BrF2O. The van der Waals surface area contributed by atoms with E-state index in [0.29, 0.717) is 11.5 Å². The highest BCUT2D eigenvalue weighted by atomic mass is 79.9. The van der Waals surface area contributed by atoms with E-state index in [0.717, 1.165) is 5.56 Å². The Hall–Kier alpha value is -1.26. The molecule has 112 valence electrons. The van der Waals surface area contributed by atoms with Gasteiger partial charge in [0, 0.05) is 12.0 Å². The Balaban J connectivity index is 2.22. The number of rotatable bonds is 4. The SMILES string of the molecule is CC(C)c1ccc(C(O)Cc2c(F)ccc(Br)c2F)cc1. The van der Waals surface area contributed by atoms with Crippen molar-refractivity contribution in [3.05, 3.63) is 69.2 Å². The molecule has 21 heavy (non-hydrogen) atoms. The summed E-state index contributed by atoms with van der Waals surface area (Å²) in [6, 6.07) is 9.96. The van der Waals surface area contributed by atoms with Crippen molar-refractivity contribution in [1.82, 2.24) is 0 Å². The third-order valence-electron chi connectivity index (χ3n) is 3.52. The molecule has 0 aliphatic heterocycles. The quantitative estimate of drug-likeness (QED) is 0.754. The third kappa shape index (κ3) is 3.69. The van der Waals surface area contributed by atoms with Gasteiger partial charge >= 0.3 is 0 Å². The third-order valence-corrected chi connectivity index (χ3v) is 4.14. The Morgan fingerprint density at radius 1 is 1.00 bits per heavy atom. The Labute approximate surface area is 131 Å². The summed E-state index contributed by atoms with van der Waals surface area (Å²) in [5.74, 6) is -0.905. The maximum absolute atomic E-state index is 13.9. The van der Waals surface area contributed by atoms with Gasteiger partial charge in [0.2, 0.25) is 0 Å². The normalized spacial score (nSPS) is 12.7. The Kier molecular flexibility index (Phi) is 5.12. The van der Waals surface area contributed by atoms with Gasteiger partial charge in [0.1, 0.15) is 11.6 Å². The predicted octanol–water partition coefficient (Wildman–Crippen LogP) is 5.13. The van der Waals surface area contributed by atoms with Crippen LogP contribution < -0.4 is 0 Å². The summed E-state index contributed by atoms with van der Waals surface area (Å²) in [6.07, 6.45) is -1.04. The molecule has 0 saturated heterocycles. The van der Waals surface area contributed by atoms with E-state index < -0.39 is 17.7 Å². The average Bonchev–Trinajstić information content (AvgIpc) is 2.47. The van der Waals surface area contributed by atoms with Gasteiger partial charge in [-0.1, -0.05) is 38.1 Å². The Bertz CT molecular complexity index is 623. The van der Waals surface area contributed by atoms with Crippen LogP contribution in [0.4, 0.5) is 8.78 Å². The molecule has 0 bridgehead atoms. The number of hydrogen-bond donors (Lipinski definition) is 1. The molecule has 0 radical (unpaired) electrons. The predicted molar refractivity (Wildman–Crippen MR) is 83.3 cm³/mol. The van der Waals surface area contributed by atoms with Gasteiger partial charge in [-0.2, -0.15) is 0 Å². The maximum Gasteiger partial charge on any atom is 0.143 e. The van der Waals surface area contributed by atoms with Gasteiger partial charge in [-0.25, -0.2) is 8.78 Å². The monoisotopic (exact) mass is 354 g/mol. The fourth-order valence-electron chi connectivity index (χ4n) is 2.17. The van der Waals surface area contributed by atoms with E-state index >= 15 is 0 Å². The van der Waals surface area contributed by atoms with E-state index in [1.54, 1.807) is 12.1 Å². The van der Waals surface area contributed by atoms with E-state index in [4.69, 9.17) is 0 Å². The van der Waals surface area contributed by atoms with Gasteiger partial charge in [0.25, 0.3) is 0 Å². The molecule has 2 rings (SSSR count). The average molecular weight is 355 g/mol. The van der Waals surface area contributed by atoms with E-state index in [-0.39, 0.29) is 16.5 Å². The zero-order chi connectivity index (χ0) is 15.6. The van der Waals surface area contributed by atoms with Crippen molar-refractivity contribution in [3.8, 4) is 0 Å². The molecule has 1 N–H and O–H groups in total. The molecule has 4 heteroatoms. The number of hydrogen-bond acceptors (Lipinski definition) is 1. The number of halogens is 3. The summed E-state index contributed by atoms with van der Waals surface area (Å²) in [5, 5.41) is 10.2. The summed E-state index contributed by atoms with van der Waals surface area (Å²) in [5.41, 5.74) is 1.70. The van der Waals surface area contributed by atoms with Crippen LogP contribution in [0.15, 0.2) is 40.9 Å². The van der Waals surface area contributed by atoms with Crippen molar-refractivity contribution in [2.75, 3.05) is 0 Å². The second kappa shape index (κ2) is 6.67. The molecule has 2 aromatic rings. The van der Waals surface area contributed by atoms with Crippen molar-refractivity contribution in [1.29, 1.82) is 0 Å². The van der Waals surface area contributed by atoms with Crippen LogP contribution in [0.1, 0.15) is 42.6 Å². The Morgan fingerprint density at radius 2 is 1.57 bits per heavy atom. The van der Waals surface area contributed by atoms with Crippen LogP contribution >= 0.6 is 15.9 Å². The number of aliphatic hydroxyl groups excluding tert-OH is 1. The molecule has 0 aromatic heterocycles. The van der Waals surface area contributed by atoms with Gasteiger partial charge in [-0.3, -0.25) is 0 Å². The van der Waals surface area contributed by atoms with Crippen molar-refractivity contribution >= 4 is 15.9 Å². The van der Waals surface area contributed by atoms with E-state index in [9.17, 15) is 13.9 Å². The summed E-state index contributed by atoms with van der Waals surface area (Å²) in [6.45, 7) is 4.16. The minimum Gasteiger partial charge on any atom is -0.388 e. The molecule has 1 nitrogen and oxygen atoms in total. The van der Waals surface area contributed by atoms with Crippen molar-refractivity contribution in [2.24, 2.45) is 0 Å². The Morgan fingerprint density at radius 3 is 2.14 bits per heavy atom. The molecule has 0 spiro atoms. The van der Waals surface area contributed by atoms with Gasteiger partial charge in [0.15, 0.2) is 0 Å². The summed E-state index contributed by atoms with van der Waals surface area (Å²) in [7, 11) is 0. The molecule has 0 saturated carbocycles. The molecular weight excluding hydrogens is 338 g/mol. The van der Waals surface area contributed by atoms with Crippen molar-refractivity contribution in [2.45, 2.75) is 32.3 Å². The van der Waals surface area contributed by atoms with Crippen LogP contribution in [0, 0.1) is 11.6 Å². The van der Waals surface area contributed by atoms with Crippen molar-refractivity contribution in [3.63, 3.8) is 0 Å². The minimum absolute atomic E-state index is 0.0991. The highest BCUT2D eigenvalue weighted by Gasteiger charge is 2.17. The molecule has 0 aliphatic rings. The van der Waals surface area contributed by atoms with E-state index in [2.05, 4.69) is 29.8 Å². The zero-order valence-corrected chi connectivity index (χ0v) is 13.5. The highest BCUT2D eigenvalue weighted by molar-refractivity contribution is 9.10. The molecule has 1 atom stereocenters.